The van der Waals surface area contributed by atoms with Crippen LogP contribution in [0.3, 0.4) is 0 Å². The van der Waals surface area contributed by atoms with Crippen molar-refractivity contribution in [1.82, 2.24) is 0 Å². The smallest absolute Gasteiger partial charge is 0.0192 e. The average Bonchev–Trinajstić information content (AvgIpc) is 2.42. The molecule has 21 heavy (non-hydrogen) atoms. The number of aryl methyl sites for hydroxylation is 4. The van der Waals surface area contributed by atoms with Crippen LogP contribution in [0.1, 0.15) is 33.4 Å². The van der Waals surface area contributed by atoms with E-state index < -0.39 is 0 Å². The number of hydrogen-bond acceptors (Lipinski definition) is 3. The van der Waals surface area contributed by atoms with E-state index in [1.807, 2.05) is 11.8 Å². The van der Waals surface area contributed by atoms with Gasteiger partial charge in [0.05, 0.1) is 0 Å². The molecular formula is C18H22S3. The molecule has 0 aromatic heterocycles. The van der Waals surface area contributed by atoms with Crippen molar-refractivity contribution in [1.29, 1.82) is 0 Å². The Morgan fingerprint density at radius 1 is 0.619 bits per heavy atom. The fourth-order valence-corrected chi connectivity index (χ4v) is 4.39. The van der Waals surface area contributed by atoms with Gasteiger partial charge >= 0.3 is 0 Å². The van der Waals surface area contributed by atoms with Crippen molar-refractivity contribution in [2.45, 2.75) is 61.1 Å². The molecule has 0 aliphatic carbocycles. The molecule has 0 spiro atoms. The van der Waals surface area contributed by atoms with Crippen LogP contribution in [-0.2, 0) is 0 Å². The van der Waals surface area contributed by atoms with E-state index in [1.54, 1.807) is 0 Å². The van der Waals surface area contributed by atoms with Crippen molar-refractivity contribution >= 4 is 37.0 Å². The van der Waals surface area contributed by atoms with Crippen LogP contribution in [0.4, 0.5) is 0 Å². The second kappa shape index (κ2) is 6.31. The molecule has 0 aliphatic rings. The van der Waals surface area contributed by atoms with Crippen LogP contribution in [0.5, 0.6) is 0 Å². The molecule has 0 nitrogen and oxygen atoms in total. The lowest BCUT2D eigenvalue weighted by molar-refractivity contribution is 1.07. The Labute approximate surface area is 143 Å². The SMILES string of the molecule is Cc1cc(C)c(Sc2c(C)cc(C)c(S)c2C)c(C)c1S. The largest absolute Gasteiger partial charge is 0.143 e. The molecule has 0 unspecified atom stereocenters. The second-order valence-electron chi connectivity index (χ2n) is 5.73. The lowest BCUT2D eigenvalue weighted by atomic mass is 10.1. The van der Waals surface area contributed by atoms with Crippen LogP contribution in [0.2, 0.25) is 0 Å². The first-order valence-electron chi connectivity index (χ1n) is 7.01. The quantitative estimate of drug-likeness (QED) is 0.611. The van der Waals surface area contributed by atoms with E-state index >= 15 is 0 Å². The molecule has 0 saturated heterocycles. The molecular weight excluding hydrogens is 312 g/mol. The van der Waals surface area contributed by atoms with E-state index in [9.17, 15) is 0 Å². The van der Waals surface area contributed by atoms with Gasteiger partial charge in [0, 0.05) is 19.6 Å². The van der Waals surface area contributed by atoms with Gasteiger partial charge < -0.3 is 0 Å². The minimum atomic E-state index is 1.09. The minimum absolute atomic E-state index is 1.09. The molecule has 112 valence electrons. The summed E-state index contributed by atoms with van der Waals surface area (Å²) in [6.07, 6.45) is 0. The Hall–Kier alpha value is -0.510. The minimum Gasteiger partial charge on any atom is -0.143 e. The van der Waals surface area contributed by atoms with Crippen LogP contribution in [0, 0.1) is 41.5 Å². The third kappa shape index (κ3) is 3.15. The summed E-state index contributed by atoms with van der Waals surface area (Å²) >= 11 is 11.2. The Bertz CT molecular complexity index is 654. The molecule has 0 fully saturated rings. The lowest BCUT2D eigenvalue weighted by Gasteiger charge is -2.18. The Morgan fingerprint density at radius 3 is 1.29 bits per heavy atom. The van der Waals surface area contributed by atoms with Gasteiger partial charge in [-0.3, -0.25) is 0 Å². The summed E-state index contributed by atoms with van der Waals surface area (Å²) in [4.78, 5) is 4.81. The van der Waals surface area contributed by atoms with Gasteiger partial charge in [0.1, 0.15) is 0 Å². The number of benzene rings is 2. The van der Waals surface area contributed by atoms with Crippen molar-refractivity contribution < 1.29 is 0 Å². The predicted octanol–water partition coefficient (Wildman–Crippen LogP) is 6.27. The molecule has 0 N–H and O–H groups in total. The molecule has 0 saturated carbocycles. The molecule has 0 aliphatic heterocycles. The van der Waals surface area contributed by atoms with Gasteiger partial charge in [0.15, 0.2) is 0 Å². The predicted molar refractivity (Wildman–Crippen MR) is 99.9 cm³/mol. The third-order valence-electron chi connectivity index (χ3n) is 3.93. The van der Waals surface area contributed by atoms with Crippen molar-refractivity contribution in [2.75, 3.05) is 0 Å². The van der Waals surface area contributed by atoms with Crippen molar-refractivity contribution in [2.24, 2.45) is 0 Å². The number of rotatable bonds is 2. The topological polar surface area (TPSA) is 0 Å². The molecule has 2 rings (SSSR count). The standard InChI is InChI=1S/C18H22S3/c1-9-7-11(3)17(13(5)15(9)19)21-18-12(4)8-10(2)16(20)14(18)6/h7-8,19-20H,1-6H3. The highest BCUT2D eigenvalue weighted by molar-refractivity contribution is 7.99. The van der Waals surface area contributed by atoms with Gasteiger partial charge in [-0.2, -0.15) is 0 Å². The number of thiol groups is 2. The molecule has 2 aromatic carbocycles. The molecule has 3 heteroatoms. The second-order valence-corrected chi connectivity index (χ2v) is 7.64. The summed E-state index contributed by atoms with van der Waals surface area (Å²) in [7, 11) is 0. The summed E-state index contributed by atoms with van der Waals surface area (Å²) in [6, 6.07) is 4.44. The maximum absolute atomic E-state index is 4.65. The lowest BCUT2D eigenvalue weighted by Crippen LogP contribution is -1.95. The van der Waals surface area contributed by atoms with Crippen LogP contribution >= 0.6 is 37.0 Å². The Kier molecular flexibility index (Phi) is 5.07. The number of hydrogen-bond donors (Lipinski definition) is 2. The maximum atomic E-state index is 4.65. The van der Waals surface area contributed by atoms with E-state index in [1.165, 1.54) is 43.2 Å². The summed E-state index contributed by atoms with van der Waals surface area (Å²) < 4.78 is 0. The fraction of sp³-hybridized carbons (Fsp3) is 0.333. The maximum Gasteiger partial charge on any atom is 0.0192 e. The molecule has 0 atom stereocenters. The van der Waals surface area contributed by atoms with E-state index in [-0.39, 0.29) is 0 Å². The summed E-state index contributed by atoms with van der Waals surface area (Å²) in [5.41, 5.74) is 7.64. The normalized spacial score (nSPS) is 11.0. The summed E-state index contributed by atoms with van der Waals surface area (Å²) in [6.45, 7) is 12.9. The highest BCUT2D eigenvalue weighted by Gasteiger charge is 2.15. The Balaban J connectivity index is 2.59. The van der Waals surface area contributed by atoms with Gasteiger partial charge in [-0.05, 0) is 74.9 Å². The Morgan fingerprint density at radius 2 is 0.952 bits per heavy atom. The van der Waals surface area contributed by atoms with Crippen LogP contribution < -0.4 is 0 Å². The highest BCUT2D eigenvalue weighted by atomic mass is 32.2. The van der Waals surface area contributed by atoms with Crippen LogP contribution in [0.25, 0.3) is 0 Å². The van der Waals surface area contributed by atoms with Crippen LogP contribution in [0.15, 0.2) is 31.7 Å². The van der Waals surface area contributed by atoms with Crippen molar-refractivity contribution in [3.05, 3.63) is 45.5 Å². The molecule has 2 aromatic rings. The van der Waals surface area contributed by atoms with Gasteiger partial charge in [-0.25, -0.2) is 0 Å². The molecule has 0 bridgehead atoms. The summed E-state index contributed by atoms with van der Waals surface area (Å²) in [5.74, 6) is 0. The van der Waals surface area contributed by atoms with E-state index in [0.717, 1.165) is 9.79 Å². The van der Waals surface area contributed by atoms with Crippen molar-refractivity contribution in [3.63, 3.8) is 0 Å². The zero-order valence-corrected chi connectivity index (χ0v) is 16.1. The zero-order chi connectivity index (χ0) is 15.9. The van der Waals surface area contributed by atoms with E-state index in [2.05, 4.69) is 78.9 Å². The highest BCUT2D eigenvalue weighted by Crippen LogP contribution is 2.41. The first-order chi connectivity index (χ1) is 9.73. The van der Waals surface area contributed by atoms with Gasteiger partial charge in [-0.15, -0.1) is 25.3 Å². The van der Waals surface area contributed by atoms with Gasteiger partial charge in [0.25, 0.3) is 0 Å². The molecule has 0 radical (unpaired) electrons. The first kappa shape index (κ1) is 16.9. The van der Waals surface area contributed by atoms with Gasteiger partial charge in [-0.1, -0.05) is 23.9 Å². The van der Waals surface area contributed by atoms with E-state index in [4.69, 9.17) is 0 Å². The third-order valence-corrected chi connectivity index (χ3v) is 6.97. The first-order valence-corrected chi connectivity index (χ1v) is 8.72. The molecule has 0 amide bonds. The summed E-state index contributed by atoms with van der Waals surface area (Å²) in [5, 5.41) is 0. The zero-order valence-electron chi connectivity index (χ0n) is 13.5. The average molecular weight is 335 g/mol. The van der Waals surface area contributed by atoms with Crippen LogP contribution in [-0.4, -0.2) is 0 Å². The monoisotopic (exact) mass is 334 g/mol. The van der Waals surface area contributed by atoms with Gasteiger partial charge in [0.2, 0.25) is 0 Å². The van der Waals surface area contributed by atoms with Crippen molar-refractivity contribution in [3.8, 4) is 0 Å². The molecule has 0 heterocycles. The van der Waals surface area contributed by atoms with E-state index in [0.29, 0.717) is 0 Å². The fourth-order valence-electron chi connectivity index (χ4n) is 2.73.